The topological polar surface area (TPSA) is 33.0 Å². The molecule has 0 fully saturated rings. The van der Waals surface area contributed by atoms with Crippen molar-refractivity contribution in [3.8, 4) is 22.9 Å². The van der Waals surface area contributed by atoms with Crippen LogP contribution in [0.15, 0.2) is 36.4 Å². The molecule has 0 radical (unpaired) electrons. The number of rotatable bonds is 3. The molecule has 0 unspecified atom stereocenters. The highest BCUT2D eigenvalue weighted by atomic mass is 35.5. The molecule has 0 N–H and O–H groups in total. The van der Waals surface area contributed by atoms with Crippen molar-refractivity contribution in [2.45, 2.75) is 20.0 Å². The van der Waals surface area contributed by atoms with Gasteiger partial charge in [0.1, 0.15) is 17.6 Å². The Morgan fingerprint density at radius 2 is 1.95 bits per heavy atom. The fourth-order valence-corrected chi connectivity index (χ4v) is 2.02. The predicted octanol–water partition coefficient (Wildman–Crippen LogP) is 4.80. The first kappa shape index (κ1) is 14.4. The van der Waals surface area contributed by atoms with E-state index in [0.29, 0.717) is 27.5 Å². The van der Waals surface area contributed by atoms with Gasteiger partial charge in [0.15, 0.2) is 0 Å². The number of halogens is 2. The van der Waals surface area contributed by atoms with Crippen LogP contribution in [0.1, 0.15) is 19.4 Å². The van der Waals surface area contributed by atoms with Gasteiger partial charge in [-0.3, -0.25) is 0 Å². The lowest BCUT2D eigenvalue weighted by molar-refractivity contribution is 0.242. The Labute approximate surface area is 122 Å². The summed E-state index contributed by atoms with van der Waals surface area (Å²) in [6, 6.07) is 11.6. The van der Waals surface area contributed by atoms with E-state index in [1.807, 2.05) is 13.8 Å². The Balaban J connectivity index is 2.50. The van der Waals surface area contributed by atoms with E-state index in [2.05, 4.69) is 6.07 Å². The van der Waals surface area contributed by atoms with Crippen LogP contribution in [0.2, 0.25) is 5.02 Å². The van der Waals surface area contributed by atoms with Gasteiger partial charge >= 0.3 is 0 Å². The van der Waals surface area contributed by atoms with Gasteiger partial charge in [0.05, 0.1) is 11.7 Å². The number of hydrogen-bond donors (Lipinski definition) is 0. The quantitative estimate of drug-likeness (QED) is 0.812. The predicted molar refractivity (Wildman–Crippen MR) is 77.3 cm³/mol. The number of hydrogen-bond acceptors (Lipinski definition) is 2. The fraction of sp³-hybridized carbons (Fsp3) is 0.188. The molecule has 0 atom stereocenters. The van der Waals surface area contributed by atoms with E-state index in [1.165, 1.54) is 6.07 Å². The normalized spacial score (nSPS) is 10.4. The van der Waals surface area contributed by atoms with Crippen LogP contribution in [0.5, 0.6) is 5.75 Å². The van der Waals surface area contributed by atoms with Crippen LogP contribution in [0, 0.1) is 17.1 Å². The average Bonchev–Trinajstić information content (AvgIpc) is 2.38. The number of nitriles is 1. The van der Waals surface area contributed by atoms with Crippen LogP contribution < -0.4 is 4.74 Å². The smallest absolute Gasteiger partial charge is 0.138 e. The Morgan fingerprint density at radius 3 is 2.55 bits per heavy atom. The largest absolute Gasteiger partial charge is 0.490 e. The Kier molecular flexibility index (Phi) is 4.26. The maximum Gasteiger partial charge on any atom is 0.138 e. The molecule has 2 aromatic carbocycles. The SMILES string of the molecule is CC(C)Oc1cc(-c2ccc(Cl)cc2F)ccc1C#N. The van der Waals surface area contributed by atoms with Gasteiger partial charge in [-0.15, -0.1) is 0 Å². The minimum absolute atomic E-state index is 0.0626. The van der Waals surface area contributed by atoms with Crippen LogP contribution in [-0.4, -0.2) is 6.10 Å². The lowest BCUT2D eigenvalue weighted by Gasteiger charge is -2.13. The molecule has 4 heteroatoms. The molecule has 0 spiro atoms. The summed E-state index contributed by atoms with van der Waals surface area (Å²) in [4.78, 5) is 0. The zero-order valence-corrected chi connectivity index (χ0v) is 11.9. The molecule has 0 bridgehead atoms. The first-order valence-corrected chi connectivity index (χ1v) is 6.55. The highest BCUT2D eigenvalue weighted by molar-refractivity contribution is 6.30. The molecule has 2 aromatic rings. The standard InChI is InChI=1S/C16H13ClFNO/c1-10(2)20-16-7-11(3-4-12(16)9-19)14-6-5-13(17)8-15(14)18/h3-8,10H,1-2H3. The molecule has 0 amide bonds. The lowest BCUT2D eigenvalue weighted by Crippen LogP contribution is -2.07. The van der Waals surface area contributed by atoms with Crippen molar-refractivity contribution in [3.05, 3.63) is 52.8 Å². The first-order chi connectivity index (χ1) is 9.51. The van der Waals surface area contributed by atoms with Crippen LogP contribution >= 0.6 is 11.6 Å². The summed E-state index contributed by atoms with van der Waals surface area (Å²) in [5.74, 6) is 0.0482. The van der Waals surface area contributed by atoms with E-state index in [1.54, 1.807) is 30.3 Å². The monoisotopic (exact) mass is 289 g/mol. The summed E-state index contributed by atoms with van der Waals surface area (Å²) in [5.41, 5.74) is 1.50. The van der Waals surface area contributed by atoms with Gasteiger partial charge in [0.2, 0.25) is 0 Å². The highest BCUT2D eigenvalue weighted by Crippen LogP contribution is 2.30. The van der Waals surface area contributed by atoms with E-state index in [4.69, 9.17) is 21.6 Å². The van der Waals surface area contributed by atoms with Gasteiger partial charge < -0.3 is 4.74 Å². The summed E-state index contributed by atoms with van der Waals surface area (Å²) < 4.78 is 19.5. The number of nitrogens with zero attached hydrogens (tertiary/aromatic N) is 1. The van der Waals surface area contributed by atoms with E-state index in [-0.39, 0.29) is 6.10 Å². The second-order valence-electron chi connectivity index (χ2n) is 4.61. The van der Waals surface area contributed by atoms with E-state index < -0.39 is 5.82 Å². The summed E-state index contributed by atoms with van der Waals surface area (Å²) in [5, 5.41) is 9.41. The fourth-order valence-electron chi connectivity index (χ4n) is 1.86. The second kappa shape index (κ2) is 5.94. The molecule has 102 valence electrons. The Hall–Kier alpha value is -2.05. The van der Waals surface area contributed by atoms with Crippen molar-refractivity contribution in [1.29, 1.82) is 5.26 Å². The third-order valence-electron chi connectivity index (χ3n) is 2.71. The van der Waals surface area contributed by atoms with Gasteiger partial charge in [-0.1, -0.05) is 17.7 Å². The van der Waals surface area contributed by atoms with Crippen molar-refractivity contribution in [2.75, 3.05) is 0 Å². The maximum atomic E-state index is 13.9. The van der Waals surface area contributed by atoms with Gasteiger partial charge in [0.25, 0.3) is 0 Å². The van der Waals surface area contributed by atoms with Gasteiger partial charge in [-0.05, 0) is 49.7 Å². The zero-order valence-electron chi connectivity index (χ0n) is 11.2. The molecular formula is C16H13ClFNO. The molecule has 0 saturated heterocycles. The highest BCUT2D eigenvalue weighted by Gasteiger charge is 2.11. The molecule has 0 heterocycles. The van der Waals surface area contributed by atoms with Crippen molar-refractivity contribution in [2.24, 2.45) is 0 Å². The van der Waals surface area contributed by atoms with E-state index in [9.17, 15) is 4.39 Å². The zero-order chi connectivity index (χ0) is 14.7. The lowest BCUT2D eigenvalue weighted by atomic mass is 10.0. The number of ether oxygens (including phenoxy) is 1. The maximum absolute atomic E-state index is 13.9. The van der Waals surface area contributed by atoms with Gasteiger partial charge in [-0.2, -0.15) is 5.26 Å². The van der Waals surface area contributed by atoms with Crippen molar-refractivity contribution in [1.82, 2.24) is 0 Å². The Bertz CT molecular complexity index is 677. The van der Waals surface area contributed by atoms with Gasteiger partial charge in [0, 0.05) is 10.6 Å². The molecule has 0 saturated carbocycles. The van der Waals surface area contributed by atoms with E-state index in [0.717, 1.165) is 0 Å². The first-order valence-electron chi connectivity index (χ1n) is 6.17. The summed E-state index contributed by atoms with van der Waals surface area (Å²) in [6.45, 7) is 3.74. The van der Waals surface area contributed by atoms with Crippen LogP contribution in [0.25, 0.3) is 11.1 Å². The average molecular weight is 290 g/mol. The van der Waals surface area contributed by atoms with E-state index >= 15 is 0 Å². The van der Waals surface area contributed by atoms with Crippen molar-refractivity contribution in [3.63, 3.8) is 0 Å². The van der Waals surface area contributed by atoms with Crippen molar-refractivity contribution < 1.29 is 9.13 Å². The molecule has 0 aromatic heterocycles. The summed E-state index contributed by atoms with van der Waals surface area (Å²) in [6.07, 6.45) is -0.0626. The molecule has 0 aliphatic rings. The minimum Gasteiger partial charge on any atom is -0.490 e. The second-order valence-corrected chi connectivity index (χ2v) is 5.05. The molecular weight excluding hydrogens is 277 g/mol. The minimum atomic E-state index is -0.405. The molecule has 0 aliphatic carbocycles. The van der Waals surface area contributed by atoms with Crippen LogP contribution in [0.3, 0.4) is 0 Å². The summed E-state index contributed by atoms with van der Waals surface area (Å²) in [7, 11) is 0. The number of benzene rings is 2. The van der Waals surface area contributed by atoms with Crippen molar-refractivity contribution >= 4 is 11.6 Å². The molecule has 2 rings (SSSR count). The summed E-state index contributed by atoms with van der Waals surface area (Å²) >= 11 is 5.74. The van der Waals surface area contributed by atoms with Gasteiger partial charge in [-0.25, -0.2) is 4.39 Å². The molecule has 2 nitrogen and oxygen atoms in total. The van der Waals surface area contributed by atoms with Crippen LogP contribution in [-0.2, 0) is 0 Å². The third-order valence-corrected chi connectivity index (χ3v) is 2.94. The molecule has 20 heavy (non-hydrogen) atoms. The Morgan fingerprint density at radius 1 is 1.20 bits per heavy atom. The molecule has 0 aliphatic heterocycles. The third kappa shape index (κ3) is 3.09. The van der Waals surface area contributed by atoms with Crippen LogP contribution in [0.4, 0.5) is 4.39 Å².